The number of carbonyl (C=O) groups excluding carboxylic acids is 1. The SMILES string of the molecule is CCN(CC)C(=S)SCC(=NNC(=O)CSCc1ccccc1)c1ccccc1. The van der Waals surface area contributed by atoms with Gasteiger partial charge < -0.3 is 4.90 Å². The van der Waals surface area contributed by atoms with E-state index < -0.39 is 0 Å². The van der Waals surface area contributed by atoms with Gasteiger partial charge in [0.2, 0.25) is 5.91 Å². The fourth-order valence-electron chi connectivity index (χ4n) is 2.51. The Morgan fingerprint density at radius 3 is 2.24 bits per heavy atom. The van der Waals surface area contributed by atoms with Crippen molar-refractivity contribution in [3.8, 4) is 0 Å². The molecule has 4 nitrogen and oxygen atoms in total. The molecule has 0 bridgehead atoms. The van der Waals surface area contributed by atoms with Crippen LogP contribution in [0, 0.1) is 0 Å². The van der Waals surface area contributed by atoms with E-state index in [0.29, 0.717) is 11.5 Å². The number of nitrogens with zero attached hydrogens (tertiary/aromatic N) is 2. The van der Waals surface area contributed by atoms with E-state index in [-0.39, 0.29) is 5.91 Å². The van der Waals surface area contributed by atoms with E-state index in [1.807, 2.05) is 48.5 Å². The standard InChI is InChI=1S/C22H27N3OS3/c1-3-25(4-2)22(27)29-16-20(19-13-9-6-10-14-19)23-24-21(26)17-28-15-18-11-7-5-8-12-18/h5-14H,3-4,15-17H2,1-2H3,(H,24,26). The van der Waals surface area contributed by atoms with Crippen LogP contribution in [0.2, 0.25) is 0 Å². The zero-order valence-electron chi connectivity index (χ0n) is 16.8. The quantitative estimate of drug-likeness (QED) is 0.323. The molecule has 0 saturated heterocycles. The topological polar surface area (TPSA) is 44.7 Å². The number of amides is 1. The number of hydrazone groups is 1. The van der Waals surface area contributed by atoms with Crippen molar-refractivity contribution in [1.82, 2.24) is 10.3 Å². The summed E-state index contributed by atoms with van der Waals surface area (Å²) in [6.07, 6.45) is 0. The zero-order valence-corrected chi connectivity index (χ0v) is 19.3. The third-order valence-electron chi connectivity index (χ3n) is 4.12. The number of carbonyl (C=O) groups is 1. The largest absolute Gasteiger partial charge is 0.358 e. The second kappa shape index (κ2) is 13.4. The molecule has 1 amide bonds. The van der Waals surface area contributed by atoms with Crippen molar-refractivity contribution in [3.05, 3.63) is 71.8 Å². The molecule has 0 unspecified atom stereocenters. The fraction of sp³-hybridized carbons (Fsp3) is 0.318. The molecule has 0 spiro atoms. The predicted molar refractivity (Wildman–Crippen MR) is 132 cm³/mol. The number of hydrogen-bond donors (Lipinski definition) is 1. The van der Waals surface area contributed by atoms with Crippen molar-refractivity contribution in [2.24, 2.45) is 5.10 Å². The van der Waals surface area contributed by atoms with Crippen LogP contribution in [-0.2, 0) is 10.5 Å². The molecule has 2 aromatic rings. The summed E-state index contributed by atoms with van der Waals surface area (Å²) in [5.41, 5.74) is 5.71. The molecule has 0 aromatic heterocycles. The zero-order chi connectivity index (χ0) is 20.9. The van der Waals surface area contributed by atoms with Gasteiger partial charge in [-0.05, 0) is 25.0 Å². The molecule has 2 rings (SSSR count). The Bertz CT molecular complexity index is 793. The van der Waals surface area contributed by atoms with Crippen molar-refractivity contribution >= 4 is 51.7 Å². The van der Waals surface area contributed by atoms with Gasteiger partial charge in [0.15, 0.2) is 0 Å². The number of hydrogen-bond acceptors (Lipinski definition) is 5. The van der Waals surface area contributed by atoms with E-state index in [2.05, 4.69) is 41.4 Å². The molecule has 0 fully saturated rings. The van der Waals surface area contributed by atoms with E-state index >= 15 is 0 Å². The third-order valence-corrected chi connectivity index (χ3v) is 6.66. The lowest BCUT2D eigenvalue weighted by molar-refractivity contribution is -0.118. The minimum absolute atomic E-state index is 0.101. The van der Waals surface area contributed by atoms with Crippen molar-refractivity contribution in [2.45, 2.75) is 19.6 Å². The lowest BCUT2D eigenvalue weighted by Crippen LogP contribution is -2.28. The van der Waals surface area contributed by atoms with Gasteiger partial charge in [-0.3, -0.25) is 4.79 Å². The van der Waals surface area contributed by atoms with Crippen LogP contribution in [0.1, 0.15) is 25.0 Å². The van der Waals surface area contributed by atoms with E-state index in [9.17, 15) is 4.79 Å². The first-order valence-corrected chi connectivity index (χ1v) is 12.1. The molecule has 0 atom stereocenters. The fourth-order valence-corrected chi connectivity index (χ4v) is 4.66. The van der Waals surface area contributed by atoms with Gasteiger partial charge in [0, 0.05) is 24.6 Å². The van der Waals surface area contributed by atoms with Gasteiger partial charge in [-0.25, -0.2) is 5.43 Å². The molecule has 0 aliphatic rings. The summed E-state index contributed by atoms with van der Waals surface area (Å²) in [4.78, 5) is 14.4. The Morgan fingerprint density at radius 1 is 1.00 bits per heavy atom. The highest BCUT2D eigenvalue weighted by molar-refractivity contribution is 8.23. The number of benzene rings is 2. The van der Waals surface area contributed by atoms with Crippen molar-refractivity contribution in [1.29, 1.82) is 0 Å². The maximum Gasteiger partial charge on any atom is 0.250 e. The lowest BCUT2D eigenvalue weighted by Gasteiger charge is -2.21. The summed E-state index contributed by atoms with van der Waals surface area (Å²) in [6, 6.07) is 20.0. The second-order valence-corrected chi connectivity index (χ2v) is 8.76. The van der Waals surface area contributed by atoms with Gasteiger partial charge in [-0.2, -0.15) is 5.10 Å². The van der Waals surface area contributed by atoms with E-state index in [4.69, 9.17) is 12.2 Å². The van der Waals surface area contributed by atoms with Gasteiger partial charge in [-0.1, -0.05) is 84.6 Å². The molecule has 2 aromatic carbocycles. The molecule has 7 heteroatoms. The molecule has 0 radical (unpaired) electrons. The van der Waals surface area contributed by atoms with Crippen LogP contribution >= 0.6 is 35.7 Å². The van der Waals surface area contributed by atoms with Crippen LogP contribution in [0.4, 0.5) is 0 Å². The first-order valence-electron chi connectivity index (χ1n) is 9.58. The van der Waals surface area contributed by atoms with E-state index in [1.54, 1.807) is 23.5 Å². The van der Waals surface area contributed by atoms with Crippen molar-refractivity contribution in [3.63, 3.8) is 0 Å². The average molecular weight is 446 g/mol. The highest BCUT2D eigenvalue weighted by Gasteiger charge is 2.11. The number of thioether (sulfide) groups is 2. The van der Waals surface area contributed by atoms with Crippen molar-refractivity contribution in [2.75, 3.05) is 24.6 Å². The molecule has 154 valence electrons. The Morgan fingerprint density at radius 2 is 1.62 bits per heavy atom. The van der Waals surface area contributed by atoms with Gasteiger partial charge in [0.1, 0.15) is 4.32 Å². The molecular formula is C22H27N3OS3. The van der Waals surface area contributed by atoms with E-state index in [1.165, 1.54) is 5.56 Å². The Labute approximate surface area is 187 Å². The number of thiocarbonyl (C=S) groups is 1. The van der Waals surface area contributed by atoms with Gasteiger partial charge in [0.25, 0.3) is 0 Å². The smallest absolute Gasteiger partial charge is 0.250 e. The second-order valence-electron chi connectivity index (χ2n) is 6.16. The maximum absolute atomic E-state index is 12.2. The van der Waals surface area contributed by atoms with Crippen molar-refractivity contribution < 1.29 is 4.79 Å². The minimum atomic E-state index is -0.101. The first-order chi connectivity index (χ1) is 14.1. The molecular weight excluding hydrogens is 418 g/mol. The van der Waals surface area contributed by atoms with Crippen LogP contribution in [0.15, 0.2) is 65.8 Å². The number of nitrogens with one attached hydrogen (secondary N) is 1. The minimum Gasteiger partial charge on any atom is -0.358 e. The summed E-state index contributed by atoms with van der Waals surface area (Å²) in [5, 5.41) is 4.41. The van der Waals surface area contributed by atoms with E-state index in [0.717, 1.165) is 34.4 Å². The average Bonchev–Trinajstić information content (AvgIpc) is 2.76. The predicted octanol–water partition coefficient (Wildman–Crippen LogP) is 4.80. The van der Waals surface area contributed by atoms with Gasteiger partial charge >= 0.3 is 0 Å². The number of rotatable bonds is 10. The van der Waals surface area contributed by atoms with Crippen LogP contribution in [0.3, 0.4) is 0 Å². The Hall–Kier alpha value is -1.83. The van der Waals surface area contributed by atoms with Gasteiger partial charge in [-0.15, -0.1) is 11.8 Å². The van der Waals surface area contributed by atoms with Crippen LogP contribution in [0.5, 0.6) is 0 Å². The Kier molecular flexibility index (Phi) is 10.8. The lowest BCUT2D eigenvalue weighted by atomic mass is 10.1. The molecule has 0 saturated carbocycles. The molecule has 29 heavy (non-hydrogen) atoms. The molecule has 1 N–H and O–H groups in total. The highest BCUT2D eigenvalue weighted by atomic mass is 32.2. The van der Waals surface area contributed by atoms with Crippen LogP contribution in [0.25, 0.3) is 0 Å². The molecule has 0 aliphatic heterocycles. The Balaban J connectivity index is 1.92. The summed E-state index contributed by atoms with van der Waals surface area (Å²) in [7, 11) is 0. The van der Waals surface area contributed by atoms with Gasteiger partial charge in [0.05, 0.1) is 11.5 Å². The van der Waals surface area contributed by atoms with Crippen LogP contribution < -0.4 is 5.43 Å². The summed E-state index contributed by atoms with van der Waals surface area (Å²) in [5.74, 6) is 1.68. The summed E-state index contributed by atoms with van der Waals surface area (Å²) >= 11 is 8.67. The highest BCUT2D eigenvalue weighted by Crippen LogP contribution is 2.14. The summed E-state index contributed by atoms with van der Waals surface area (Å²) < 4.78 is 0.850. The molecule has 0 heterocycles. The third kappa shape index (κ3) is 8.60. The first kappa shape index (κ1) is 23.4. The monoisotopic (exact) mass is 445 g/mol. The molecule has 0 aliphatic carbocycles. The maximum atomic E-state index is 12.2. The normalized spacial score (nSPS) is 11.2. The summed E-state index contributed by atoms with van der Waals surface area (Å²) in [6.45, 7) is 5.96. The van der Waals surface area contributed by atoms with Crippen LogP contribution in [-0.4, -0.2) is 45.4 Å².